The molecule has 21 heavy (non-hydrogen) atoms. The summed E-state index contributed by atoms with van der Waals surface area (Å²) in [7, 11) is 0. The summed E-state index contributed by atoms with van der Waals surface area (Å²) in [5, 5.41) is 5.90. The number of nitrogens with one attached hydrogen (secondary N) is 1. The molecule has 8 nitrogen and oxygen atoms in total. The van der Waals surface area contributed by atoms with Gasteiger partial charge in [0.05, 0.1) is 0 Å². The number of carbonyl (C=O) groups is 3. The zero-order valence-electron chi connectivity index (χ0n) is 12.3. The van der Waals surface area contributed by atoms with Crippen LogP contribution in [0.15, 0.2) is 4.52 Å². The van der Waals surface area contributed by atoms with Crippen LogP contribution in [-0.2, 0) is 16.0 Å². The number of amides is 4. The maximum atomic E-state index is 12.5. The zero-order chi connectivity index (χ0) is 15.6. The summed E-state index contributed by atoms with van der Waals surface area (Å²) in [5.74, 6) is -0.139. The van der Waals surface area contributed by atoms with Crippen LogP contribution < -0.4 is 5.32 Å². The van der Waals surface area contributed by atoms with Crippen molar-refractivity contribution in [3.05, 3.63) is 11.7 Å². The van der Waals surface area contributed by atoms with Gasteiger partial charge in [0.1, 0.15) is 5.41 Å². The van der Waals surface area contributed by atoms with Gasteiger partial charge in [-0.1, -0.05) is 19.0 Å². The summed E-state index contributed by atoms with van der Waals surface area (Å²) in [6.07, 6.45) is 0.951. The molecule has 0 radical (unpaired) electrons. The summed E-state index contributed by atoms with van der Waals surface area (Å²) in [6, 6.07) is -0.696. The molecular formula is C13H18N4O4. The van der Waals surface area contributed by atoms with E-state index in [0.29, 0.717) is 24.6 Å². The zero-order valence-corrected chi connectivity index (χ0v) is 12.3. The number of imide groups is 2. The van der Waals surface area contributed by atoms with Gasteiger partial charge in [-0.15, -0.1) is 0 Å². The van der Waals surface area contributed by atoms with Gasteiger partial charge in [-0.05, 0) is 19.8 Å². The van der Waals surface area contributed by atoms with Gasteiger partial charge in [-0.2, -0.15) is 4.98 Å². The number of hydrogen-bond acceptors (Lipinski definition) is 6. The third kappa shape index (κ3) is 2.53. The molecule has 0 spiro atoms. The average molecular weight is 294 g/mol. The molecule has 1 aromatic heterocycles. The molecule has 2 heterocycles. The predicted molar refractivity (Wildman–Crippen MR) is 71.0 cm³/mol. The summed E-state index contributed by atoms with van der Waals surface area (Å²) in [6.45, 7) is 5.30. The van der Waals surface area contributed by atoms with Crippen LogP contribution in [0.4, 0.5) is 4.79 Å². The smallest absolute Gasteiger partial charge is 0.330 e. The molecule has 0 unspecified atom stereocenters. The first kappa shape index (κ1) is 15.1. The fourth-order valence-corrected chi connectivity index (χ4v) is 2.46. The molecule has 4 amide bonds. The standard InChI is InChI=1S/C13H18N4O4/c1-4-13(5-2)10(18)15-12(20)17(11(13)19)7-6-9-14-8(3)16-21-9/h4-7H2,1-3H3,(H,15,18,20). The number of urea groups is 1. The van der Waals surface area contributed by atoms with Crippen molar-refractivity contribution in [3.8, 4) is 0 Å². The lowest BCUT2D eigenvalue weighted by atomic mass is 9.78. The molecule has 0 aliphatic carbocycles. The second-order valence-electron chi connectivity index (χ2n) is 4.99. The Labute approximate surface area is 121 Å². The van der Waals surface area contributed by atoms with E-state index < -0.39 is 23.3 Å². The lowest BCUT2D eigenvalue weighted by Crippen LogP contribution is -2.63. The molecule has 114 valence electrons. The second-order valence-corrected chi connectivity index (χ2v) is 4.99. The average Bonchev–Trinajstić information content (AvgIpc) is 2.85. The minimum Gasteiger partial charge on any atom is -0.339 e. The molecule has 0 saturated carbocycles. The van der Waals surface area contributed by atoms with Crippen molar-refractivity contribution >= 4 is 17.8 Å². The molecule has 1 N–H and O–H groups in total. The molecule has 2 rings (SSSR count). The number of aromatic nitrogens is 2. The van der Waals surface area contributed by atoms with Crippen molar-refractivity contribution in [1.29, 1.82) is 0 Å². The fraction of sp³-hybridized carbons (Fsp3) is 0.615. The van der Waals surface area contributed by atoms with E-state index in [2.05, 4.69) is 15.5 Å². The first-order valence-corrected chi connectivity index (χ1v) is 6.91. The summed E-state index contributed by atoms with van der Waals surface area (Å²) in [5.41, 5.74) is -1.17. The molecule has 1 aliphatic rings. The van der Waals surface area contributed by atoms with E-state index in [4.69, 9.17) is 4.52 Å². The number of rotatable bonds is 5. The number of barbiturate groups is 1. The lowest BCUT2D eigenvalue weighted by molar-refractivity contribution is -0.152. The number of nitrogens with zero attached hydrogens (tertiary/aromatic N) is 3. The Balaban J connectivity index is 2.16. The molecule has 0 aromatic carbocycles. The van der Waals surface area contributed by atoms with Gasteiger partial charge in [0, 0.05) is 13.0 Å². The van der Waals surface area contributed by atoms with Crippen LogP contribution in [-0.4, -0.2) is 39.4 Å². The van der Waals surface area contributed by atoms with Crippen molar-refractivity contribution < 1.29 is 18.9 Å². The minimum absolute atomic E-state index is 0.0985. The van der Waals surface area contributed by atoms with Crippen molar-refractivity contribution in [2.45, 2.75) is 40.0 Å². The highest BCUT2D eigenvalue weighted by molar-refractivity contribution is 6.19. The van der Waals surface area contributed by atoms with Crippen molar-refractivity contribution in [1.82, 2.24) is 20.4 Å². The molecular weight excluding hydrogens is 276 g/mol. The molecule has 8 heteroatoms. The largest absolute Gasteiger partial charge is 0.339 e. The Bertz CT molecular complexity index is 576. The quantitative estimate of drug-likeness (QED) is 0.805. The van der Waals surface area contributed by atoms with E-state index in [0.717, 1.165) is 4.90 Å². The molecule has 0 atom stereocenters. The molecule has 1 aromatic rings. The van der Waals surface area contributed by atoms with Gasteiger partial charge < -0.3 is 4.52 Å². The van der Waals surface area contributed by atoms with Crippen LogP contribution in [0.3, 0.4) is 0 Å². The van der Waals surface area contributed by atoms with Crippen LogP contribution >= 0.6 is 0 Å². The van der Waals surface area contributed by atoms with Crippen molar-refractivity contribution in [2.24, 2.45) is 5.41 Å². The van der Waals surface area contributed by atoms with E-state index >= 15 is 0 Å². The maximum absolute atomic E-state index is 12.5. The molecule has 1 aliphatic heterocycles. The normalized spacial score (nSPS) is 18.0. The van der Waals surface area contributed by atoms with Crippen LogP contribution in [0.1, 0.15) is 38.4 Å². The van der Waals surface area contributed by atoms with Crippen molar-refractivity contribution in [2.75, 3.05) is 6.54 Å². The summed E-state index contributed by atoms with van der Waals surface area (Å²) >= 11 is 0. The Morgan fingerprint density at radius 1 is 1.24 bits per heavy atom. The summed E-state index contributed by atoms with van der Waals surface area (Å²) < 4.78 is 4.95. The van der Waals surface area contributed by atoms with Crippen LogP contribution in [0.5, 0.6) is 0 Å². The maximum Gasteiger partial charge on any atom is 0.330 e. The molecule has 0 bridgehead atoms. The van der Waals surface area contributed by atoms with Gasteiger partial charge in [0.2, 0.25) is 17.7 Å². The van der Waals surface area contributed by atoms with E-state index in [1.54, 1.807) is 20.8 Å². The van der Waals surface area contributed by atoms with E-state index in [1.807, 2.05) is 0 Å². The monoisotopic (exact) mass is 294 g/mol. The van der Waals surface area contributed by atoms with Crippen LogP contribution in [0.2, 0.25) is 0 Å². The van der Waals surface area contributed by atoms with E-state index in [9.17, 15) is 14.4 Å². The topological polar surface area (TPSA) is 105 Å². The van der Waals surface area contributed by atoms with Crippen molar-refractivity contribution in [3.63, 3.8) is 0 Å². The van der Waals surface area contributed by atoms with Gasteiger partial charge in [-0.3, -0.25) is 19.8 Å². The summed E-state index contributed by atoms with van der Waals surface area (Å²) in [4.78, 5) is 41.5. The first-order chi connectivity index (χ1) is 9.94. The Kier molecular flexibility index (Phi) is 4.06. The minimum atomic E-state index is -1.17. The highest BCUT2D eigenvalue weighted by Gasteiger charge is 2.51. The fourth-order valence-electron chi connectivity index (χ4n) is 2.46. The SMILES string of the molecule is CCC1(CC)C(=O)NC(=O)N(CCc2nc(C)no2)C1=O. The molecule has 1 fully saturated rings. The van der Waals surface area contributed by atoms with E-state index in [-0.39, 0.29) is 13.0 Å². The van der Waals surface area contributed by atoms with Gasteiger partial charge in [0.15, 0.2) is 5.82 Å². The highest BCUT2D eigenvalue weighted by atomic mass is 16.5. The second kappa shape index (κ2) is 5.63. The van der Waals surface area contributed by atoms with Gasteiger partial charge in [0.25, 0.3) is 0 Å². The van der Waals surface area contributed by atoms with Gasteiger partial charge in [-0.25, -0.2) is 4.79 Å². The number of carbonyl (C=O) groups excluding carboxylic acids is 3. The third-order valence-electron chi connectivity index (χ3n) is 3.88. The number of hydrogen-bond donors (Lipinski definition) is 1. The molecule has 1 saturated heterocycles. The van der Waals surface area contributed by atoms with Crippen LogP contribution in [0.25, 0.3) is 0 Å². The predicted octanol–water partition coefficient (Wildman–Crippen LogP) is 0.805. The van der Waals surface area contributed by atoms with E-state index in [1.165, 1.54) is 0 Å². The lowest BCUT2D eigenvalue weighted by Gasteiger charge is -2.38. The number of aryl methyl sites for hydroxylation is 1. The highest BCUT2D eigenvalue weighted by Crippen LogP contribution is 2.32. The Hall–Kier alpha value is -2.25. The third-order valence-corrected chi connectivity index (χ3v) is 3.88. The van der Waals surface area contributed by atoms with Crippen LogP contribution in [0, 0.1) is 12.3 Å². The Morgan fingerprint density at radius 2 is 1.90 bits per heavy atom. The first-order valence-electron chi connectivity index (χ1n) is 6.91. The Morgan fingerprint density at radius 3 is 2.43 bits per heavy atom. The van der Waals surface area contributed by atoms with Gasteiger partial charge >= 0.3 is 6.03 Å².